The molecule has 0 aromatic carbocycles. The Bertz CT molecular complexity index is 630. The number of hydrogen-bond acceptors (Lipinski definition) is 3. The van der Waals surface area contributed by atoms with E-state index < -0.39 is 0 Å². The highest BCUT2D eigenvalue weighted by molar-refractivity contribution is 5.09. The van der Waals surface area contributed by atoms with E-state index in [-0.39, 0.29) is 6.29 Å². The normalized spacial score (nSPS) is 49.7. The van der Waals surface area contributed by atoms with E-state index in [1.54, 1.807) is 0 Å². The van der Waals surface area contributed by atoms with Crippen LogP contribution in [0, 0.1) is 46.3 Å². The molecule has 0 radical (unpaired) electrons. The second-order valence-electron chi connectivity index (χ2n) is 13.1. The molecule has 0 aromatic heterocycles. The summed E-state index contributed by atoms with van der Waals surface area (Å²) in [5, 5.41) is 9.34. The molecule has 4 saturated carbocycles. The van der Waals surface area contributed by atoms with Crippen LogP contribution >= 0.6 is 0 Å². The van der Waals surface area contributed by atoms with Crippen LogP contribution in [0.15, 0.2) is 0 Å². The van der Waals surface area contributed by atoms with Gasteiger partial charge in [0.05, 0.1) is 6.10 Å². The quantitative estimate of drug-likeness (QED) is 0.448. The van der Waals surface area contributed by atoms with Crippen LogP contribution in [-0.4, -0.2) is 30.7 Å². The summed E-state index contributed by atoms with van der Waals surface area (Å²) >= 11 is 0. The predicted molar refractivity (Wildman–Crippen MR) is 129 cm³/mol. The molecular formula is C29H50O3. The van der Waals surface area contributed by atoms with Gasteiger partial charge in [-0.15, -0.1) is 0 Å². The first-order valence-corrected chi connectivity index (χ1v) is 14.3. The average molecular weight is 447 g/mol. The Morgan fingerprint density at radius 1 is 0.938 bits per heavy atom. The van der Waals surface area contributed by atoms with Crippen LogP contribution in [-0.2, 0) is 9.47 Å². The number of fused-ring (bicyclic) bond motifs is 5. The Kier molecular flexibility index (Phi) is 7.01. The molecule has 0 aromatic rings. The molecule has 1 unspecified atom stereocenters. The lowest BCUT2D eigenvalue weighted by molar-refractivity contribution is -0.212. The second-order valence-corrected chi connectivity index (χ2v) is 13.1. The lowest BCUT2D eigenvalue weighted by atomic mass is 9.44. The van der Waals surface area contributed by atoms with E-state index in [1.807, 2.05) is 0 Å². The fourth-order valence-corrected chi connectivity index (χ4v) is 9.97. The molecule has 1 aliphatic heterocycles. The van der Waals surface area contributed by atoms with Gasteiger partial charge in [0.2, 0.25) is 0 Å². The number of aliphatic hydroxyl groups is 1. The van der Waals surface area contributed by atoms with E-state index in [0.29, 0.717) is 23.5 Å². The molecule has 3 heteroatoms. The van der Waals surface area contributed by atoms with Crippen LogP contribution in [0.4, 0.5) is 0 Å². The fraction of sp³-hybridized carbons (Fsp3) is 1.00. The van der Waals surface area contributed by atoms with Crippen LogP contribution < -0.4 is 0 Å². The zero-order chi connectivity index (χ0) is 22.3. The summed E-state index contributed by atoms with van der Waals surface area (Å²) in [7, 11) is 0. The molecule has 0 spiro atoms. The first kappa shape index (κ1) is 23.6. The van der Waals surface area contributed by atoms with Gasteiger partial charge in [-0.05, 0) is 136 Å². The van der Waals surface area contributed by atoms with Gasteiger partial charge in [-0.1, -0.05) is 20.8 Å². The molecule has 184 valence electrons. The third-order valence-electron chi connectivity index (χ3n) is 11.7. The molecule has 5 rings (SSSR count). The van der Waals surface area contributed by atoms with E-state index >= 15 is 0 Å². The minimum absolute atomic E-state index is 0.0769. The van der Waals surface area contributed by atoms with E-state index in [4.69, 9.17) is 9.47 Å². The van der Waals surface area contributed by atoms with Gasteiger partial charge < -0.3 is 14.6 Å². The molecule has 10 atom stereocenters. The van der Waals surface area contributed by atoms with Crippen LogP contribution in [0.3, 0.4) is 0 Å². The van der Waals surface area contributed by atoms with Gasteiger partial charge in [-0.25, -0.2) is 0 Å². The van der Waals surface area contributed by atoms with E-state index in [2.05, 4.69) is 20.8 Å². The smallest absolute Gasteiger partial charge is 0.157 e. The molecule has 4 aliphatic carbocycles. The highest BCUT2D eigenvalue weighted by Gasteiger charge is 2.60. The van der Waals surface area contributed by atoms with Crippen LogP contribution in [0.5, 0.6) is 0 Å². The fourth-order valence-electron chi connectivity index (χ4n) is 9.97. The maximum Gasteiger partial charge on any atom is 0.157 e. The number of ether oxygens (including phenoxy) is 2. The van der Waals surface area contributed by atoms with E-state index in [0.717, 1.165) is 55.0 Å². The average Bonchev–Trinajstić information content (AvgIpc) is 3.16. The molecule has 32 heavy (non-hydrogen) atoms. The Morgan fingerprint density at radius 2 is 1.75 bits per heavy atom. The summed E-state index contributed by atoms with van der Waals surface area (Å²) < 4.78 is 12.4. The first-order valence-electron chi connectivity index (χ1n) is 14.3. The molecule has 5 aliphatic rings. The molecule has 1 heterocycles. The van der Waals surface area contributed by atoms with Crippen molar-refractivity contribution in [1.82, 2.24) is 0 Å². The van der Waals surface area contributed by atoms with Crippen LogP contribution in [0.1, 0.15) is 111 Å². The Balaban J connectivity index is 1.24. The maximum absolute atomic E-state index is 9.34. The Morgan fingerprint density at radius 3 is 2.53 bits per heavy atom. The minimum Gasteiger partial charge on any atom is -0.396 e. The van der Waals surface area contributed by atoms with E-state index in [9.17, 15) is 5.11 Å². The van der Waals surface area contributed by atoms with Gasteiger partial charge in [0.25, 0.3) is 0 Å². The molecular weight excluding hydrogens is 396 g/mol. The molecule has 0 amide bonds. The summed E-state index contributed by atoms with van der Waals surface area (Å²) in [6.45, 7) is 9.09. The zero-order valence-corrected chi connectivity index (χ0v) is 21.2. The highest BCUT2D eigenvalue weighted by atomic mass is 16.7. The third kappa shape index (κ3) is 4.11. The lowest BCUT2D eigenvalue weighted by Gasteiger charge is -2.61. The van der Waals surface area contributed by atoms with Gasteiger partial charge >= 0.3 is 0 Å². The van der Waals surface area contributed by atoms with Crippen molar-refractivity contribution < 1.29 is 14.6 Å². The minimum atomic E-state index is 0.0769. The van der Waals surface area contributed by atoms with Gasteiger partial charge in [-0.3, -0.25) is 0 Å². The molecule has 1 saturated heterocycles. The standard InChI is InChI=1S/C29H50O3/c1-20(7-6-17-30)24-11-12-25-23-10-9-21-19-22(32-27-8-4-5-18-31-27)13-15-28(21,2)26(23)14-16-29(24,25)3/h20-27,30H,4-19H2,1-3H3/t20-,21-,22-,23+,24-,25+,26+,27?,28+,29-/m1/s1. The zero-order valence-electron chi connectivity index (χ0n) is 21.2. The monoisotopic (exact) mass is 446 g/mol. The Hall–Kier alpha value is -0.120. The molecule has 1 N–H and O–H groups in total. The van der Waals surface area contributed by atoms with Crippen LogP contribution in [0.25, 0.3) is 0 Å². The largest absolute Gasteiger partial charge is 0.396 e. The Labute approximate surface area is 197 Å². The number of hydrogen-bond donors (Lipinski definition) is 1. The van der Waals surface area contributed by atoms with Crippen molar-refractivity contribution >= 4 is 0 Å². The van der Waals surface area contributed by atoms with Gasteiger partial charge in [-0.2, -0.15) is 0 Å². The van der Waals surface area contributed by atoms with Gasteiger partial charge in [0.1, 0.15) is 0 Å². The third-order valence-corrected chi connectivity index (χ3v) is 11.7. The van der Waals surface area contributed by atoms with Crippen molar-refractivity contribution in [2.24, 2.45) is 46.3 Å². The summed E-state index contributed by atoms with van der Waals surface area (Å²) in [6, 6.07) is 0. The second kappa shape index (κ2) is 9.50. The summed E-state index contributed by atoms with van der Waals surface area (Å²) in [6.07, 6.45) is 18.9. The van der Waals surface area contributed by atoms with Crippen molar-refractivity contribution in [3.8, 4) is 0 Å². The van der Waals surface area contributed by atoms with Crippen molar-refractivity contribution in [1.29, 1.82) is 0 Å². The van der Waals surface area contributed by atoms with E-state index in [1.165, 1.54) is 77.0 Å². The van der Waals surface area contributed by atoms with Crippen molar-refractivity contribution in [3.63, 3.8) is 0 Å². The highest BCUT2D eigenvalue weighted by Crippen LogP contribution is 2.68. The SMILES string of the molecule is C[C@H](CCCO)[C@H]1CC[C@H]2[C@@H]3CC[C@@H]4C[C@H](OC5CCCCO5)CC[C@]4(C)[C@H]3CC[C@]12C. The number of rotatable bonds is 6. The lowest BCUT2D eigenvalue weighted by Crippen LogP contribution is -2.54. The van der Waals surface area contributed by atoms with Gasteiger partial charge in [0.15, 0.2) is 6.29 Å². The number of aliphatic hydroxyl groups excluding tert-OH is 1. The van der Waals surface area contributed by atoms with Crippen molar-refractivity contribution in [2.45, 2.75) is 123 Å². The molecule has 0 bridgehead atoms. The van der Waals surface area contributed by atoms with Crippen molar-refractivity contribution in [2.75, 3.05) is 13.2 Å². The van der Waals surface area contributed by atoms with Crippen molar-refractivity contribution in [3.05, 3.63) is 0 Å². The van der Waals surface area contributed by atoms with Gasteiger partial charge in [0, 0.05) is 13.2 Å². The van der Waals surface area contributed by atoms with Crippen LogP contribution in [0.2, 0.25) is 0 Å². The first-order chi connectivity index (χ1) is 15.5. The summed E-state index contributed by atoms with van der Waals surface area (Å²) in [5.41, 5.74) is 1.09. The topological polar surface area (TPSA) is 38.7 Å². The molecule has 5 fully saturated rings. The maximum atomic E-state index is 9.34. The summed E-state index contributed by atoms with van der Waals surface area (Å²) in [4.78, 5) is 0. The summed E-state index contributed by atoms with van der Waals surface area (Å²) in [5.74, 6) is 5.36. The molecule has 3 nitrogen and oxygen atoms in total. The predicted octanol–water partition coefficient (Wildman–Crippen LogP) is 6.97.